The van der Waals surface area contributed by atoms with Gasteiger partial charge in [0.1, 0.15) is 17.7 Å². The van der Waals surface area contributed by atoms with Crippen molar-refractivity contribution < 1.29 is 22.8 Å². The molecular weight excluding hydrogens is 604 g/mol. The van der Waals surface area contributed by atoms with E-state index in [0.717, 1.165) is 5.56 Å². The Morgan fingerprint density at radius 3 is 2.43 bits per heavy atom. The normalized spacial score (nSPS) is 16.3. The van der Waals surface area contributed by atoms with E-state index in [1.807, 2.05) is 20.8 Å². The number of carbonyl (C=O) groups excluding carboxylic acids is 2. The monoisotopic (exact) mass is 635 g/mol. The van der Waals surface area contributed by atoms with Gasteiger partial charge in [-0.2, -0.15) is 5.26 Å². The SMILES string of the molecule is CC(C)Cc1nc2c(c(-c3ccc4c(c3)oc(=O)n4C(C)c3ccc(C#N)c(F)c3)c1C(N)=O)C(=O)N[C@@]2(C)Cc1ccc(F)cc1. The fourth-order valence-corrected chi connectivity index (χ4v) is 6.44. The summed E-state index contributed by atoms with van der Waals surface area (Å²) in [6.45, 7) is 7.49. The number of oxazole rings is 1. The number of hydrogen-bond donors (Lipinski definition) is 2. The number of pyridine rings is 1. The van der Waals surface area contributed by atoms with Crippen LogP contribution in [0.1, 0.15) is 82.5 Å². The first kappa shape index (κ1) is 31.4. The van der Waals surface area contributed by atoms with Crippen molar-refractivity contribution in [2.75, 3.05) is 0 Å². The number of aromatic nitrogens is 2. The zero-order valence-electron chi connectivity index (χ0n) is 26.2. The van der Waals surface area contributed by atoms with E-state index in [1.165, 1.54) is 28.8 Å². The fourth-order valence-electron chi connectivity index (χ4n) is 6.44. The van der Waals surface area contributed by atoms with E-state index in [9.17, 15) is 23.2 Å². The summed E-state index contributed by atoms with van der Waals surface area (Å²) in [5.74, 6) is -2.91. The highest BCUT2D eigenvalue weighted by Gasteiger charge is 2.44. The number of fused-ring (bicyclic) bond motifs is 2. The van der Waals surface area contributed by atoms with Crippen LogP contribution in [0.2, 0.25) is 0 Å². The molecule has 2 amide bonds. The average Bonchev–Trinajstić information content (AvgIpc) is 3.47. The first-order chi connectivity index (χ1) is 22.3. The highest BCUT2D eigenvalue weighted by Crippen LogP contribution is 2.42. The smallest absolute Gasteiger partial charge is 0.408 e. The number of carbonyl (C=O) groups is 2. The van der Waals surface area contributed by atoms with Gasteiger partial charge in [0.15, 0.2) is 5.58 Å². The van der Waals surface area contributed by atoms with Crippen LogP contribution in [0.25, 0.3) is 22.2 Å². The van der Waals surface area contributed by atoms with Gasteiger partial charge in [-0.3, -0.25) is 19.1 Å². The summed E-state index contributed by atoms with van der Waals surface area (Å²) in [4.78, 5) is 44.9. The van der Waals surface area contributed by atoms with Gasteiger partial charge in [-0.15, -0.1) is 0 Å². The quantitative estimate of drug-likeness (QED) is 0.217. The van der Waals surface area contributed by atoms with Crippen LogP contribution in [-0.4, -0.2) is 21.4 Å². The predicted molar refractivity (Wildman–Crippen MR) is 171 cm³/mol. The van der Waals surface area contributed by atoms with Crippen molar-refractivity contribution in [2.24, 2.45) is 11.7 Å². The molecular formula is C36H31F2N5O4. The highest BCUT2D eigenvalue weighted by atomic mass is 19.1. The maximum Gasteiger partial charge on any atom is 0.420 e. The van der Waals surface area contributed by atoms with Crippen molar-refractivity contribution in [3.63, 3.8) is 0 Å². The molecule has 6 rings (SSSR count). The second-order valence-corrected chi connectivity index (χ2v) is 12.5. The lowest BCUT2D eigenvalue weighted by Gasteiger charge is -2.26. The number of rotatable bonds is 8. The number of nitrogens with one attached hydrogen (secondary N) is 1. The molecule has 0 aliphatic carbocycles. The largest absolute Gasteiger partial charge is 0.420 e. The number of amides is 2. The van der Waals surface area contributed by atoms with E-state index >= 15 is 0 Å². The number of nitrogens with two attached hydrogens (primary N) is 1. The molecule has 0 bridgehead atoms. The number of halogens is 2. The van der Waals surface area contributed by atoms with E-state index in [0.29, 0.717) is 40.9 Å². The maximum absolute atomic E-state index is 14.4. The summed E-state index contributed by atoms with van der Waals surface area (Å²) in [7, 11) is 0. The number of benzene rings is 3. The molecule has 11 heteroatoms. The molecule has 1 aliphatic rings. The van der Waals surface area contributed by atoms with Gasteiger partial charge in [0.2, 0.25) is 0 Å². The van der Waals surface area contributed by atoms with Crippen LogP contribution < -0.4 is 16.8 Å². The summed E-state index contributed by atoms with van der Waals surface area (Å²) >= 11 is 0. The second-order valence-electron chi connectivity index (χ2n) is 12.5. The Bertz CT molecular complexity index is 2200. The average molecular weight is 636 g/mol. The van der Waals surface area contributed by atoms with Crippen LogP contribution >= 0.6 is 0 Å². The third kappa shape index (κ3) is 5.46. The summed E-state index contributed by atoms with van der Waals surface area (Å²) in [5, 5.41) is 12.1. The molecule has 1 aliphatic heterocycles. The Labute approximate surface area is 268 Å². The lowest BCUT2D eigenvalue weighted by Crippen LogP contribution is -2.39. The van der Waals surface area contributed by atoms with Crippen LogP contribution in [0.3, 0.4) is 0 Å². The Balaban J connectivity index is 1.54. The molecule has 2 atom stereocenters. The third-order valence-corrected chi connectivity index (χ3v) is 8.62. The summed E-state index contributed by atoms with van der Waals surface area (Å²) < 4.78 is 35.1. The Morgan fingerprint density at radius 1 is 1.06 bits per heavy atom. The van der Waals surface area contributed by atoms with Gasteiger partial charge in [0, 0.05) is 12.0 Å². The van der Waals surface area contributed by atoms with E-state index in [1.54, 1.807) is 49.4 Å². The van der Waals surface area contributed by atoms with Crippen molar-refractivity contribution in [3.8, 4) is 17.2 Å². The van der Waals surface area contributed by atoms with Gasteiger partial charge in [0.25, 0.3) is 11.8 Å². The first-order valence-electron chi connectivity index (χ1n) is 15.1. The molecule has 3 N–H and O–H groups in total. The lowest BCUT2D eigenvalue weighted by atomic mass is 9.84. The molecule has 47 heavy (non-hydrogen) atoms. The minimum atomic E-state index is -0.993. The molecule has 3 heterocycles. The van der Waals surface area contributed by atoms with Crippen molar-refractivity contribution in [1.82, 2.24) is 14.9 Å². The number of primary amides is 1. The van der Waals surface area contributed by atoms with Crippen LogP contribution in [0.5, 0.6) is 0 Å². The molecule has 1 unspecified atom stereocenters. The summed E-state index contributed by atoms with van der Waals surface area (Å²) in [6, 6.07) is 16.1. The minimum Gasteiger partial charge on any atom is -0.408 e. The zero-order valence-corrected chi connectivity index (χ0v) is 26.2. The van der Waals surface area contributed by atoms with Gasteiger partial charge in [0.05, 0.1) is 45.2 Å². The number of nitrogens with zero attached hydrogens (tertiary/aromatic N) is 3. The van der Waals surface area contributed by atoms with Crippen molar-refractivity contribution >= 4 is 22.9 Å². The van der Waals surface area contributed by atoms with E-state index in [4.69, 9.17) is 20.4 Å². The van der Waals surface area contributed by atoms with Gasteiger partial charge in [-0.25, -0.2) is 13.6 Å². The molecule has 0 spiro atoms. The molecule has 5 aromatic rings. The fraction of sp³-hybridized carbons (Fsp3) is 0.250. The Kier molecular flexibility index (Phi) is 7.76. The molecule has 0 saturated heterocycles. The molecule has 3 aromatic carbocycles. The van der Waals surface area contributed by atoms with Gasteiger partial charge >= 0.3 is 5.76 Å². The first-order valence-corrected chi connectivity index (χ1v) is 15.1. The standard InChI is InChI=1S/C36H31F2N5O4/c1-18(2)13-26-30(33(40)44)29(31-32(41-26)36(4,42-34(31)45)16-20-5-10-24(37)11-6-20)22-9-12-27-28(15-22)47-35(46)43(27)19(3)21-7-8-23(17-39)25(38)14-21/h5-12,14-15,18-19H,13,16H2,1-4H3,(H2,40,44)(H,42,45)/t19?,36-/m0/s1. The maximum atomic E-state index is 14.4. The highest BCUT2D eigenvalue weighted by molar-refractivity contribution is 6.12. The van der Waals surface area contributed by atoms with E-state index < -0.39 is 35.0 Å². The summed E-state index contributed by atoms with van der Waals surface area (Å²) in [6.07, 6.45) is 0.700. The molecule has 0 saturated carbocycles. The molecule has 0 fully saturated rings. The van der Waals surface area contributed by atoms with E-state index in [2.05, 4.69) is 5.32 Å². The van der Waals surface area contributed by atoms with Crippen LogP contribution in [-0.2, 0) is 18.4 Å². The second kappa shape index (κ2) is 11.6. The molecule has 0 radical (unpaired) electrons. The van der Waals surface area contributed by atoms with Crippen LogP contribution in [0.4, 0.5) is 8.78 Å². The Hall–Kier alpha value is -5.63. The molecule has 2 aromatic heterocycles. The van der Waals surface area contributed by atoms with Crippen molar-refractivity contribution in [2.45, 2.75) is 52.1 Å². The van der Waals surface area contributed by atoms with Crippen LogP contribution in [0.15, 0.2) is 69.9 Å². The predicted octanol–water partition coefficient (Wildman–Crippen LogP) is 5.91. The molecule has 238 valence electrons. The third-order valence-electron chi connectivity index (χ3n) is 8.62. The molecule has 9 nitrogen and oxygen atoms in total. The van der Waals surface area contributed by atoms with Crippen molar-refractivity contribution in [1.29, 1.82) is 5.26 Å². The lowest BCUT2D eigenvalue weighted by molar-refractivity contribution is 0.0935. The minimum absolute atomic E-state index is 0.0861. The van der Waals surface area contributed by atoms with Crippen LogP contribution in [0, 0.1) is 28.9 Å². The van der Waals surface area contributed by atoms with Gasteiger partial charge in [-0.05, 0) is 79.3 Å². The zero-order chi connectivity index (χ0) is 33.8. The number of nitriles is 1. The van der Waals surface area contributed by atoms with E-state index in [-0.39, 0.29) is 39.6 Å². The number of hydrogen-bond acceptors (Lipinski definition) is 6. The van der Waals surface area contributed by atoms with Gasteiger partial charge in [-0.1, -0.05) is 38.1 Å². The van der Waals surface area contributed by atoms with Crippen molar-refractivity contribution in [3.05, 3.63) is 122 Å². The topological polar surface area (TPSA) is 144 Å². The summed E-state index contributed by atoms with van der Waals surface area (Å²) in [5.41, 5.74) is 8.49. The Morgan fingerprint density at radius 2 is 1.79 bits per heavy atom. The van der Waals surface area contributed by atoms with Gasteiger partial charge < -0.3 is 15.5 Å².